The molecule has 29 heavy (non-hydrogen) atoms. The third-order valence-electron chi connectivity index (χ3n) is 5.55. The van der Waals surface area contributed by atoms with Crippen molar-refractivity contribution in [3.63, 3.8) is 0 Å². The summed E-state index contributed by atoms with van der Waals surface area (Å²) in [6, 6.07) is 13.8. The number of carbonyl (C=O) groups excluding carboxylic acids is 1. The van der Waals surface area contributed by atoms with Crippen LogP contribution in [0.4, 0.5) is 4.79 Å². The highest BCUT2D eigenvalue weighted by Gasteiger charge is 2.23. The van der Waals surface area contributed by atoms with Gasteiger partial charge in [0.05, 0.1) is 12.6 Å². The molecule has 1 aromatic heterocycles. The number of nitrogens with zero attached hydrogens (tertiary/aromatic N) is 2. The van der Waals surface area contributed by atoms with Crippen molar-refractivity contribution < 1.29 is 14.3 Å². The molecule has 0 aliphatic carbocycles. The summed E-state index contributed by atoms with van der Waals surface area (Å²) < 4.78 is 10.3. The van der Waals surface area contributed by atoms with E-state index in [1.807, 2.05) is 24.3 Å². The number of imidazole rings is 1. The van der Waals surface area contributed by atoms with Gasteiger partial charge in [0.1, 0.15) is 17.1 Å². The lowest BCUT2D eigenvalue weighted by Crippen LogP contribution is -2.34. The summed E-state index contributed by atoms with van der Waals surface area (Å²) >= 11 is 0. The van der Waals surface area contributed by atoms with E-state index in [-0.39, 0.29) is 0 Å². The zero-order valence-corrected chi connectivity index (χ0v) is 16.6. The van der Waals surface area contributed by atoms with E-state index in [0.717, 1.165) is 56.0 Å². The first-order valence-corrected chi connectivity index (χ1v) is 9.93. The highest BCUT2D eigenvalue weighted by molar-refractivity contribution is 5.84. The molecule has 4 rings (SSSR count). The Morgan fingerprint density at radius 3 is 2.66 bits per heavy atom. The van der Waals surface area contributed by atoms with Crippen LogP contribution >= 0.6 is 0 Å². The molecule has 1 saturated heterocycles. The quantitative estimate of drug-likeness (QED) is 0.668. The highest BCUT2D eigenvalue weighted by Crippen LogP contribution is 2.30. The summed E-state index contributed by atoms with van der Waals surface area (Å²) in [6.07, 6.45) is 2.31. The largest absolute Gasteiger partial charge is 0.497 e. The Morgan fingerprint density at radius 1 is 1.21 bits per heavy atom. The van der Waals surface area contributed by atoms with E-state index in [2.05, 4.69) is 22.0 Å². The van der Waals surface area contributed by atoms with Crippen LogP contribution in [0, 0.1) is 0 Å². The number of rotatable bonds is 6. The van der Waals surface area contributed by atoms with Gasteiger partial charge in [0.15, 0.2) is 5.75 Å². The normalized spacial score (nSPS) is 15.5. The molecule has 0 bridgehead atoms. The molecule has 152 valence electrons. The second kappa shape index (κ2) is 8.53. The van der Waals surface area contributed by atoms with Gasteiger partial charge in [-0.1, -0.05) is 18.2 Å². The van der Waals surface area contributed by atoms with E-state index in [0.29, 0.717) is 17.2 Å². The second-order valence-corrected chi connectivity index (χ2v) is 7.41. The average molecular weight is 394 g/mol. The first-order chi connectivity index (χ1) is 14.1. The molecule has 0 saturated carbocycles. The summed E-state index contributed by atoms with van der Waals surface area (Å²) in [5.41, 5.74) is 8.00. The number of aromatic amines is 1. The minimum Gasteiger partial charge on any atom is -0.497 e. The molecule has 1 aliphatic rings. The number of ether oxygens (including phenoxy) is 2. The van der Waals surface area contributed by atoms with E-state index < -0.39 is 6.09 Å². The number of hydrogen-bond acceptors (Lipinski definition) is 5. The number of fused-ring (bicyclic) bond motifs is 1. The molecule has 7 heteroatoms. The zero-order valence-electron chi connectivity index (χ0n) is 16.6. The van der Waals surface area contributed by atoms with E-state index in [4.69, 9.17) is 20.2 Å². The Hall–Kier alpha value is -3.06. The monoisotopic (exact) mass is 394 g/mol. The number of primary amides is 1. The third kappa shape index (κ3) is 4.51. The lowest BCUT2D eigenvalue weighted by molar-refractivity contribution is 0.211. The van der Waals surface area contributed by atoms with Crippen LogP contribution in [-0.4, -0.2) is 47.7 Å². The number of hydrogen-bond donors (Lipinski definition) is 2. The van der Waals surface area contributed by atoms with Gasteiger partial charge >= 0.3 is 6.09 Å². The number of carbonyl (C=O) groups is 1. The molecule has 2 aromatic carbocycles. The predicted molar refractivity (Wildman–Crippen MR) is 111 cm³/mol. The van der Waals surface area contributed by atoms with Crippen LogP contribution in [0.1, 0.15) is 30.1 Å². The van der Waals surface area contributed by atoms with Crippen LogP contribution in [0.3, 0.4) is 0 Å². The lowest BCUT2D eigenvalue weighted by Gasteiger charge is -2.31. The number of likely N-dealkylation sites (tertiary alicyclic amines) is 1. The van der Waals surface area contributed by atoms with Gasteiger partial charge in [-0.15, -0.1) is 0 Å². The Kier molecular flexibility index (Phi) is 5.67. The van der Waals surface area contributed by atoms with E-state index in [9.17, 15) is 4.79 Å². The van der Waals surface area contributed by atoms with Crippen LogP contribution in [-0.2, 0) is 6.42 Å². The summed E-state index contributed by atoms with van der Waals surface area (Å²) in [5, 5.41) is 0. The van der Waals surface area contributed by atoms with Crippen LogP contribution in [0.15, 0.2) is 42.5 Å². The maximum Gasteiger partial charge on any atom is 0.410 e. The maximum absolute atomic E-state index is 11.1. The van der Waals surface area contributed by atoms with Crippen molar-refractivity contribution in [2.45, 2.75) is 25.2 Å². The van der Waals surface area contributed by atoms with Crippen molar-refractivity contribution in [1.29, 1.82) is 0 Å². The molecule has 0 unspecified atom stereocenters. The number of para-hydroxylation sites is 1. The fourth-order valence-corrected chi connectivity index (χ4v) is 3.92. The number of H-pyrrole nitrogens is 1. The Bertz CT molecular complexity index is 975. The van der Waals surface area contributed by atoms with Crippen molar-refractivity contribution in [3.05, 3.63) is 53.9 Å². The van der Waals surface area contributed by atoms with Crippen LogP contribution in [0.2, 0.25) is 0 Å². The first kappa shape index (κ1) is 19.3. The van der Waals surface area contributed by atoms with Gasteiger partial charge in [-0.25, -0.2) is 9.78 Å². The number of aromatic nitrogens is 2. The Labute approximate surface area is 169 Å². The molecule has 1 fully saturated rings. The molecule has 7 nitrogen and oxygen atoms in total. The number of nitrogens with two attached hydrogens (primary N) is 1. The fraction of sp³-hybridized carbons (Fsp3) is 0.364. The summed E-state index contributed by atoms with van der Waals surface area (Å²) in [6.45, 7) is 3.14. The van der Waals surface area contributed by atoms with Gasteiger partial charge in [0.2, 0.25) is 0 Å². The van der Waals surface area contributed by atoms with Gasteiger partial charge in [0, 0.05) is 12.5 Å². The van der Waals surface area contributed by atoms with Gasteiger partial charge in [-0.3, -0.25) is 0 Å². The lowest BCUT2D eigenvalue weighted by atomic mass is 9.96. The summed E-state index contributed by atoms with van der Waals surface area (Å²) in [7, 11) is 1.69. The van der Waals surface area contributed by atoms with Crippen molar-refractivity contribution in [1.82, 2.24) is 14.9 Å². The van der Waals surface area contributed by atoms with Crippen molar-refractivity contribution >= 4 is 17.1 Å². The van der Waals surface area contributed by atoms with Crippen LogP contribution in [0.5, 0.6) is 11.5 Å². The Morgan fingerprint density at radius 2 is 1.97 bits per heavy atom. The topological polar surface area (TPSA) is 93.5 Å². The Balaban J connectivity index is 1.35. The summed E-state index contributed by atoms with van der Waals surface area (Å²) in [4.78, 5) is 21.7. The average Bonchev–Trinajstić information content (AvgIpc) is 3.18. The number of nitrogens with one attached hydrogen (secondary N) is 1. The standard InChI is InChI=1S/C22H26N4O3/c1-28-17-7-5-15(6-8-17)9-12-26-13-10-16(11-14-26)21-24-18-3-2-4-19(20(18)25-21)29-22(23)27/h2-8,16H,9-14H2,1H3,(H2,23,27)(H,24,25). The molecule has 0 radical (unpaired) electrons. The van der Waals surface area contributed by atoms with E-state index >= 15 is 0 Å². The van der Waals surface area contributed by atoms with Crippen LogP contribution < -0.4 is 15.2 Å². The third-order valence-corrected chi connectivity index (χ3v) is 5.55. The van der Waals surface area contributed by atoms with Gasteiger partial charge < -0.3 is 25.1 Å². The number of methoxy groups -OCH3 is 1. The van der Waals surface area contributed by atoms with Crippen molar-refractivity contribution in [2.75, 3.05) is 26.7 Å². The minimum atomic E-state index is -0.827. The molecule has 2 heterocycles. The molecule has 3 N–H and O–H groups in total. The molecular weight excluding hydrogens is 368 g/mol. The summed E-state index contributed by atoms with van der Waals surface area (Å²) in [5.74, 6) is 2.62. The number of benzene rings is 2. The molecule has 0 atom stereocenters. The van der Waals surface area contributed by atoms with Gasteiger partial charge in [0.25, 0.3) is 0 Å². The smallest absolute Gasteiger partial charge is 0.410 e. The van der Waals surface area contributed by atoms with Gasteiger partial charge in [-0.2, -0.15) is 0 Å². The van der Waals surface area contributed by atoms with Crippen molar-refractivity contribution in [3.8, 4) is 11.5 Å². The fourth-order valence-electron chi connectivity index (χ4n) is 3.92. The maximum atomic E-state index is 11.1. The van der Waals surface area contributed by atoms with Crippen molar-refractivity contribution in [2.24, 2.45) is 5.73 Å². The molecule has 0 spiro atoms. The van der Waals surface area contributed by atoms with E-state index in [1.54, 1.807) is 13.2 Å². The number of amides is 1. The second-order valence-electron chi connectivity index (χ2n) is 7.41. The number of piperidine rings is 1. The predicted octanol–water partition coefficient (Wildman–Crippen LogP) is 3.45. The van der Waals surface area contributed by atoms with E-state index in [1.165, 1.54) is 5.56 Å². The minimum absolute atomic E-state index is 0.376. The van der Waals surface area contributed by atoms with Gasteiger partial charge in [-0.05, 0) is 62.2 Å². The SMILES string of the molecule is COc1ccc(CCN2CCC(c3nc4c(OC(N)=O)cccc4[nH]3)CC2)cc1. The zero-order chi connectivity index (χ0) is 20.2. The molecular formula is C22H26N4O3. The first-order valence-electron chi connectivity index (χ1n) is 9.93. The molecule has 1 amide bonds. The van der Waals surface area contributed by atoms with Crippen LogP contribution in [0.25, 0.3) is 11.0 Å². The molecule has 1 aliphatic heterocycles. The molecule has 3 aromatic rings. The highest BCUT2D eigenvalue weighted by atomic mass is 16.5.